The highest BCUT2D eigenvalue weighted by atomic mass is 16.5. The van der Waals surface area contributed by atoms with E-state index in [0.29, 0.717) is 11.3 Å². The molecule has 1 atom stereocenters. The predicted octanol–water partition coefficient (Wildman–Crippen LogP) is 3.64. The molecule has 2 aromatic carbocycles. The minimum Gasteiger partial charge on any atom is -0.497 e. The smallest absolute Gasteiger partial charge is 0.252 e. The number of methoxy groups -OCH3 is 1. The van der Waals surface area contributed by atoms with Gasteiger partial charge >= 0.3 is 0 Å². The molecule has 0 aliphatic carbocycles. The molecule has 182 valence electrons. The molecule has 0 saturated carbocycles. The first kappa shape index (κ1) is 25.3. The summed E-state index contributed by atoms with van der Waals surface area (Å²) < 4.78 is 5.49. The molecule has 1 unspecified atom stereocenters. The number of hydrogen-bond acceptors (Lipinski definition) is 6. The average molecular weight is 464 g/mol. The first-order valence-corrected chi connectivity index (χ1v) is 11.8. The van der Waals surface area contributed by atoms with Crippen molar-refractivity contribution in [2.24, 2.45) is 10.7 Å². The summed E-state index contributed by atoms with van der Waals surface area (Å²) in [5.74, 6) is 0.606. The zero-order chi connectivity index (χ0) is 24.7. The lowest BCUT2D eigenvalue weighted by molar-refractivity contribution is 0.0939. The van der Waals surface area contributed by atoms with Crippen molar-refractivity contribution in [2.75, 3.05) is 51.8 Å². The Morgan fingerprint density at radius 2 is 1.94 bits per heavy atom. The van der Waals surface area contributed by atoms with Gasteiger partial charge in [0.1, 0.15) is 5.75 Å². The third kappa shape index (κ3) is 5.97. The molecule has 7 nitrogen and oxygen atoms in total. The van der Waals surface area contributed by atoms with Crippen LogP contribution in [0.4, 0.5) is 5.69 Å². The number of allylic oxidation sites excluding steroid dienone is 1. The second-order valence-corrected chi connectivity index (χ2v) is 8.62. The summed E-state index contributed by atoms with van der Waals surface area (Å²) in [5, 5.41) is 3.16. The fourth-order valence-corrected chi connectivity index (χ4v) is 4.24. The number of ether oxygens (including phenoxy) is 1. The Morgan fingerprint density at radius 1 is 1.21 bits per heavy atom. The molecule has 2 aromatic rings. The van der Waals surface area contributed by atoms with Gasteiger partial charge in [-0.3, -0.25) is 9.79 Å². The number of benzene rings is 2. The van der Waals surface area contributed by atoms with Gasteiger partial charge in [0.2, 0.25) is 0 Å². The molecule has 0 spiro atoms. The number of likely N-dealkylation sites (N-methyl/N-ethyl adjacent to an activating group) is 1. The molecule has 1 heterocycles. The largest absolute Gasteiger partial charge is 0.497 e. The summed E-state index contributed by atoms with van der Waals surface area (Å²) in [6.45, 7) is 11.3. The topological polar surface area (TPSA) is 83.2 Å². The van der Waals surface area contributed by atoms with Crippen LogP contribution in [0.3, 0.4) is 0 Å². The molecule has 3 rings (SSSR count). The number of piperazine rings is 1. The lowest BCUT2D eigenvalue weighted by Gasteiger charge is -2.35. The van der Waals surface area contributed by atoms with Crippen molar-refractivity contribution >= 4 is 23.4 Å². The highest BCUT2D eigenvalue weighted by molar-refractivity contribution is 6.09. The number of carbonyl (C=O) groups is 1. The van der Waals surface area contributed by atoms with Crippen LogP contribution in [-0.4, -0.2) is 63.9 Å². The number of hydrogen-bond donors (Lipinski definition) is 2. The van der Waals surface area contributed by atoms with Gasteiger partial charge in [0.25, 0.3) is 5.91 Å². The van der Waals surface area contributed by atoms with Crippen molar-refractivity contribution in [3.63, 3.8) is 0 Å². The van der Waals surface area contributed by atoms with E-state index in [2.05, 4.69) is 33.1 Å². The third-order valence-electron chi connectivity index (χ3n) is 6.44. The molecule has 1 aliphatic heterocycles. The Labute approximate surface area is 203 Å². The Balaban J connectivity index is 1.80. The van der Waals surface area contributed by atoms with E-state index in [1.807, 2.05) is 44.2 Å². The number of aliphatic imine (C=N–C) groups is 1. The first-order valence-electron chi connectivity index (χ1n) is 11.8. The summed E-state index contributed by atoms with van der Waals surface area (Å²) in [4.78, 5) is 22.2. The number of carbonyl (C=O) groups excluding carboxylic acids is 1. The molecule has 1 saturated heterocycles. The molecule has 1 fully saturated rings. The van der Waals surface area contributed by atoms with Gasteiger partial charge in [-0.25, -0.2) is 0 Å². The Hall–Kier alpha value is -3.32. The van der Waals surface area contributed by atoms with E-state index in [1.165, 1.54) is 6.20 Å². The number of nitrogens with one attached hydrogen (secondary N) is 1. The zero-order valence-corrected chi connectivity index (χ0v) is 21.0. The molecular weight excluding hydrogens is 426 g/mol. The van der Waals surface area contributed by atoms with Gasteiger partial charge < -0.3 is 25.6 Å². The molecule has 0 bridgehead atoms. The summed E-state index contributed by atoms with van der Waals surface area (Å²) in [5.41, 5.74) is 11.2. The quantitative estimate of drug-likeness (QED) is 0.584. The van der Waals surface area contributed by atoms with Crippen molar-refractivity contribution in [2.45, 2.75) is 26.8 Å². The maximum atomic E-state index is 13.3. The molecule has 1 aliphatic rings. The maximum Gasteiger partial charge on any atom is 0.252 e. The number of rotatable bonds is 8. The van der Waals surface area contributed by atoms with E-state index >= 15 is 0 Å². The van der Waals surface area contributed by atoms with Crippen molar-refractivity contribution in [1.29, 1.82) is 0 Å². The SMILES string of the molecule is CCN1CCN(c2ccc(C)c(C(=O)NC(C)c3cc(OC)cc(/C(C=NC)=C/N)c3)c2)CC1. The Morgan fingerprint density at radius 3 is 2.56 bits per heavy atom. The lowest BCUT2D eigenvalue weighted by Crippen LogP contribution is -2.46. The molecule has 0 radical (unpaired) electrons. The van der Waals surface area contributed by atoms with Gasteiger partial charge in [-0.15, -0.1) is 0 Å². The molecule has 1 amide bonds. The van der Waals surface area contributed by atoms with Gasteiger partial charge in [0.15, 0.2) is 0 Å². The van der Waals surface area contributed by atoms with Crippen LogP contribution in [0.25, 0.3) is 5.57 Å². The van der Waals surface area contributed by atoms with E-state index in [9.17, 15) is 4.79 Å². The fourth-order valence-electron chi connectivity index (χ4n) is 4.24. The molecule has 7 heteroatoms. The van der Waals surface area contributed by atoms with Crippen LogP contribution in [0.1, 0.15) is 46.9 Å². The van der Waals surface area contributed by atoms with Gasteiger partial charge in [-0.2, -0.15) is 0 Å². The molecule has 0 aromatic heterocycles. The van der Waals surface area contributed by atoms with Crippen molar-refractivity contribution < 1.29 is 9.53 Å². The number of amides is 1. The Kier molecular flexibility index (Phi) is 8.71. The standard InChI is InChI=1S/C27H37N5O2/c1-6-31-9-11-32(12-10-31)24-8-7-19(2)26(16-24)27(33)30-20(3)21-13-22(15-25(14-21)34-5)23(17-28)18-29-4/h7-8,13-18,20H,6,9-12,28H2,1-5H3,(H,30,33)/b23-17+,29-18?. The van der Waals surface area contributed by atoms with Gasteiger partial charge in [0.05, 0.1) is 13.2 Å². The molecule has 34 heavy (non-hydrogen) atoms. The van der Waals surface area contributed by atoms with Crippen LogP contribution in [0.15, 0.2) is 47.6 Å². The normalized spacial score (nSPS) is 16.0. The van der Waals surface area contributed by atoms with Gasteiger partial charge in [-0.1, -0.05) is 13.0 Å². The summed E-state index contributed by atoms with van der Waals surface area (Å²) in [6.07, 6.45) is 3.22. The van der Waals surface area contributed by atoms with Crippen molar-refractivity contribution in [3.05, 3.63) is 64.9 Å². The number of aryl methyl sites for hydroxylation is 1. The van der Waals surface area contributed by atoms with E-state index in [-0.39, 0.29) is 11.9 Å². The second kappa shape index (κ2) is 11.7. The van der Waals surface area contributed by atoms with E-state index < -0.39 is 0 Å². The van der Waals surface area contributed by atoms with Crippen LogP contribution >= 0.6 is 0 Å². The van der Waals surface area contributed by atoms with E-state index in [0.717, 1.165) is 60.7 Å². The molecular formula is C27H37N5O2. The van der Waals surface area contributed by atoms with Crippen LogP contribution in [0.5, 0.6) is 5.75 Å². The lowest BCUT2D eigenvalue weighted by atomic mass is 9.99. The third-order valence-corrected chi connectivity index (χ3v) is 6.44. The summed E-state index contributed by atoms with van der Waals surface area (Å²) in [6, 6.07) is 11.8. The summed E-state index contributed by atoms with van der Waals surface area (Å²) in [7, 11) is 3.33. The van der Waals surface area contributed by atoms with Crippen LogP contribution in [0, 0.1) is 6.92 Å². The van der Waals surface area contributed by atoms with E-state index in [1.54, 1.807) is 20.4 Å². The monoisotopic (exact) mass is 463 g/mol. The number of anilines is 1. The van der Waals surface area contributed by atoms with Crippen LogP contribution in [-0.2, 0) is 0 Å². The molecule has 3 N–H and O–H groups in total. The van der Waals surface area contributed by atoms with E-state index in [4.69, 9.17) is 10.5 Å². The minimum absolute atomic E-state index is 0.0897. The van der Waals surface area contributed by atoms with Gasteiger partial charge in [0, 0.05) is 62.5 Å². The maximum absolute atomic E-state index is 13.3. The zero-order valence-electron chi connectivity index (χ0n) is 21.0. The van der Waals surface area contributed by atoms with Crippen LogP contribution < -0.4 is 20.7 Å². The predicted molar refractivity (Wildman–Crippen MR) is 141 cm³/mol. The highest BCUT2D eigenvalue weighted by Crippen LogP contribution is 2.27. The Bertz CT molecular complexity index is 1050. The highest BCUT2D eigenvalue weighted by Gasteiger charge is 2.20. The number of nitrogens with two attached hydrogens (primary N) is 1. The number of nitrogens with zero attached hydrogens (tertiary/aromatic N) is 3. The first-order chi connectivity index (χ1) is 16.4. The fraction of sp³-hybridized carbons (Fsp3) is 0.407. The second-order valence-electron chi connectivity index (χ2n) is 8.62. The van der Waals surface area contributed by atoms with Crippen LogP contribution in [0.2, 0.25) is 0 Å². The van der Waals surface area contributed by atoms with Crippen molar-refractivity contribution in [1.82, 2.24) is 10.2 Å². The minimum atomic E-state index is -0.227. The van der Waals surface area contributed by atoms with Gasteiger partial charge in [-0.05, 0) is 67.4 Å². The average Bonchev–Trinajstić information content (AvgIpc) is 2.87. The summed E-state index contributed by atoms with van der Waals surface area (Å²) >= 11 is 0. The van der Waals surface area contributed by atoms with Crippen molar-refractivity contribution in [3.8, 4) is 5.75 Å².